The summed E-state index contributed by atoms with van der Waals surface area (Å²) in [6.07, 6.45) is 4.36. The number of anilines is 2. The standard InChI is InChI=1S/C37H36N4O4S/c1-3-46(42,43)40-36-10-5-11-37(28(36)2)41(26-31-14-12-29(24-38)13-15-31)27-32-16-18-33(19-17-32)45-35-9-4-8-34(23-35)44-22-20-30-7-6-21-39-25-30/h4-19,21,23,25,40H,3,20,22,26-27H2,1-2H3. The van der Waals surface area contributed by atoms with Crippen LogP contribution >= 0.6 is 0 Å². The predicted octanol–water partition coefficient (Wildman–Crippen LogP) is 7.64. The fraction of sp³-hybridized carbons (Fsp3) is 0.189. The Hall–Kier alpha value is -5.33. The third-order valence-electron chi connectivity index (χ3n) is 7.47. The van der Waals surface area contributed by atoms with Crippen LogP contribution in [-0.4, -0.2) is 25.8 Å². The fourth-order valence-corrected chi connectivity index (χ4v) is 5.63. The zero-order valence-electron chi connectivity index (χ0n) is 25.9. The van der Waals surface area contributed by atoms with E-state index < -0.39 is 10.0 Å². The van der Waals surface area contributed by atoms with E-state index in [0.29, 0.717) is 42.4 Å². The number of pyridine rings is 1. The molecule has 8 nitrogen and oxygen atoms in total. The van der Waals surface area contributed by atoms with E-state index in [4.69, 9.17) is 9.47 Å². The van der Waals surface area contributed by atoms with Gasteiger partial charge in [-0.25, -0.2) is 8.42 Å². The molecule has 46 heavy (non-hydrogen) atoms. The normalized spacial score (nSPS) is 11.0. The molecule has 9 heteroatoms. The predicted molar refractivity (Wildman–Crippen MR) is 182 cm³/mol. The van der Waals surface area contributed by atoms with E-state index in [1.807, 2.05) is 98.0 Å². The summed E-state index contributed by atoms with van der Waals surface area (Å²) in [6, 6.07) is 34.7. The van der Waals surface area contributed by atoms with Crippen molar-refractivity contribution in [1.82, 2.24) is 4.98 Å². The van der Waals surface area contributed by atoms with E-state index >= 15 is 0 Å². The maximum absolute atomic E-state index is 12.4. The first-order chi connectivity index (χ1) is 22.3. The van der Waals surface area contributed by atoms with Crippen LogP contribution in [0.3, 0.4) is 0 Å². The van der Waals surface area contributed by atoms with E-state index in [-0.39, 0.29) is 5.75 Å². The topological polar surface area (TPSA) is 105 Å². The van der Waals surface area contributed by atoms with Crippen molar-refractivity contribution >= 4 is 21.4 Å². The van der Waals surface area contributed by atoms with Gasteiger partial charge in [-0.2, -0.15) is 5.26 Å². The number of aromatic nitrogens is 1. The minimum atomic E-state index is -3.44. The second-order valence-electron chi connectivity index (χ2n) is 10.8. The lowest BCUT2D eigenvalue weighted by molar-refractivity contribution is 0.320. The van der Waals surface area contributed by atoms with Gasteiger partial charge in [0.05, 0.1) is 29.7 Å². The molecule has 0 saturated carbocycles. The van der Waals surface area contributed by atoms with Crippen LogP contribution in [0.25, 0.3) is 0 Å². The van der Waals surface area contributed by atoms with E-state index in [1.165, 1.54) is 0 Å². The van der Waals surface area contributed by atoms with Gasteiger partial charge in [0.2, 0.25) is 10.0 Å². The number of nitriles is 1. The molecule has 4 aromatic carbocycles. The lowest BCUT2D eigenvalue weighted by Gasteiger charge is -2.28. The highest BCUT2D eigenvalue weighted by molar-refractivity contribution is 7.92. The number of nitrogens with zero attached hydrogens (tertiary/aromatic N) is 3. The SMILES string of the molecule is CCS(=O)(=O)Nc1cccc(N(Cc2ccc(C#N)cc2)Cc2ccc(Oc3cccc(OCCc4cccnc4)c3)cc2)c1C. The lowest BCUT2D eigenvalue weighted by atomic mass is 10.1. The molecular weight excluding hydrogens is 596 g/mol. The number of nitrogens with one attached hydrogen (secondary N) is 1. The second-order valence-corrected chi connectivity index (χ2v) is 12.8. The molecule has 5 rings (SSSR count). The summed E-state index contributed by atoms with van der Waals surface area (Å²) in [6.45, 7) is 5.19. The molecule has 0 saturated heterocycles. The lowest BCUT2D eigenvalue weighted by Crippen LogP contribution is -2.24. The van der Waals surface area contributed by atoms with E-state index in [9.17, 15) is 13.7 Å². The molecule has 1 N–H and O–H groups in total. The van der Waals surface area contributed by atoms with Gasteiger partial charge in [-0.3, -0.25) is 9.71 Å². The summed E-state index contributed by atoms with van der Waals surface area (Å²) in [7, 11) is -3.44. The van der Waals surface area contributed by atoms with Crippen molar-refractivity contribution in [3.05, 3.63) is 143 Å². The van der Waals surface area contributed by atoms with Crippen LogP contribution in [-0.2, 0) is 29.5 Å². The van der Waals surface area contributed by atoms with Crippen LogP contribution in [0.4, 0.5) is 11.4 Å². The molecule has 0 atom stereocenters. The second kappa shape index (κ2) is 15.1. The summed E-state index contributed by atoms with van der Waals surface area (Å²) in [4.78, 5) is 6.34. The molecule has 1 heterocycles. The smallest absolute Gasteiger partial charge is 0.232 e. The van der Waals surface area contributed by atoms with Crippen molar-refractivity contribution in [3.8, 4) is 23.3 Å². The Kier molecular flexibility index (Phi) is 10.5. The summed E-state index contributed by atoms with van der Waals surface area (Å²) < 4.78 is 39.5. The van der Waals surface area contributed by atoms with Crippen molar-refractivity contribution in [1.29, 1.82) is 5.26 Å². The van der Waals surface area contributed by atoms with Gasteiger partial charge >= 0.3 is 0 Å². The van der Waals surface area contributed by atoms with Crippen molar-refractivity contribution in [2.24, 2.45) is 0 Å². The molecule has 0 radical (unpaired) electrons. The van der Waals surface area contributed by atoms with Crippen molar-refractivity contribution in [2.45, 2.75) is 33.4 Å². The van der Waals surface area contributed by atoms with Gasteiger partial charge in [-0.15, -0.1) is 0 Å². The first-order valence-electron chi connectivity index (χ1n) is 15.0. The van der Waals surface area contributed by atoms with Crippen molar-refractivity contribution in [3.63, 3.8) is 0 Å². The van der Waals surface area contributed by atoms with Crippen molar-refractivity contribution < 1.29 is 17.9 Å². The molecule has 0 spiro atoms. The first kappa shape index (κ1) is 32.1. The summed E-state index contributed by atoms with van der Waals surface area (Å²) in [5.41, 5.74) is 6.08. The summed E-state index contributed by atoms with van der Waals surface area (Å²) in [5, 5.41) is 9.23. The van der Waals surface area contributed by atoms with Gasteiger partial charge in [0.25, 0.3) is 0 Å². The van der Waals surface area contributed by atoms with Crippen LogP contribution in [0, 0.1) is 18.3 Å². The summed E-state index contributed by atoms with van der Waals surface area (Å²) in [5.74, 6) is 2.09. The average molecular weight is 633 g/mol. The monoisotopic (exact) mass is 632 g/mol. The van der Waals surface area contributed by atoms with Gasteiger partial charge < -0.3 is 14.4 Å². The molecule has 1 aromatic heterocycles. The van der Waals surface area contributed by atoms with Crippen LogP contribution < -0.4 is 19.1 Å². The maximum Gasteiger partial charge on any atom is 0.232 e. The van der Waals surface area contributed by atoms with Gasteiger partial charge in [-0.1, -0.05) is 42.5 Å². The number of sulfonamides is 1. The molecule has 0 aliphatic carbocycles. The Labute approximate surface area is 270 Å². The molecule has 0 fully saturated rings. The van der Waals surface area contributed by atoms with E-state index in [0.717, 1.165) is 40.1 Å². The minimum absolute atomic E-state index is 0.0104. The fourth-order valence-electron chi connectivity index (χ4n) is 4.93. The quantitative estimate of drug-likeness (QED) is 0.134. The largest absolute Gasteiger partial charge is 0.493 e. The Morgan fingerprint density at radius 3 is 2.20 bits per heavy atom. The zero-order chi connectivity index (χ0) is 32.4. The molecule has 0 amide bonds. The Balaban J connectivity index is 1.30. The van der Waals surface area contributed by atoms with E-state index in [2.05, 4.69) is 20.7 Å². The maximum atomic E-state index is 12.4. The molecule has 0 aliphatic rings. The Morgan fingerprint density at radius 2 is 1.52 bits per heavy atom. The zero-order valence-corrected chi connectivity index (χ0v) is 26.7. The van der Waals surface area contributed by atoms with Gasteiger partial charge in [-0.05, 0) is 90.7 Å². The van der Waals surface area contributed by atoms with Crippen LogP contribution in [0.15, 0.2) is 116 Å². The number of benzene rings is 4. The molecule has 0 bridgehead atoms. The number of hydrogen-bond acceptors (Lipinski definition) is 7. The molecule has 5 aromatic rings. The molecule has 234 valence electrons. The molecule has 0 aliphatic heterocycles. The van der Waals surface area contributed by atoms with Crippen LogP contribution in [0.2, 0.25) is 0 Å². The third-order valence-corrected chi connectivity index (χ3v) is 8.76. The summed E-state index contributed by atoms with van der Waals surface area (Å²) >= 11 is 0. The highest BCUT2D eigenvalue weighted by Gasteiger charge is 2.16. The number of rotatable bonds is 14. The highest BCUT2D eigenvalue weighted by atomic mass is 32.2. The first-order valence-corrected chi connectivity index (χ1v) is 16.7. The van der Waals surface area contributed by atoms with Gasteiger partial charge in [0.15, 0.2) is 0 Å². The molecule has 0 unspecified atom stereocenters. The van der Waals surface area contributed by atoms with Crippen molar-refractivity contribution in [2.75, 3.05) is 22.0 Å². The van der Waals surface area contributed by atoms with E-state index in [1.54, 1.807) is 31.3 Å². The highest BCUT2D eigenvalue weighted by Crippen LogP contribution is 2.31. The number of ether oxygens (including phenoxy) is 2. The Morgan fingerprint density at radius 1 is 0.826 bits per heavy atom. The molecular formula is C37H36N4O4S. The third kappa shape index (κ3) is 8.87. The number of hydrogen-bond donors (Lipinski definition) is 1. The minimum Gasteiger partial charge on any atom is -0.493 e. The average Bonchev–Trinajstić information content (AvgIpc) is 3.07. The van der Waals surface area contributed by atoms with Crippen LogP contribution in [0.1, 0.15) is 34.7 Å². The van der Waals surface area contributed by atoms with Gasteiger partial charge in [0, 0.05) is 43.7 Å². The Bertz CT molecular complexity index is 1890. The van der Waals surface area contributed by atoms with Gasteiger partial charge in [0.1, 0.15) is 17.2 Å². The van der Waals surface area contributed by atoms with Crippen LogP contribution in [0.5, 0.6) is 17.2 Å².